The van der Waals surface area contributed by atoms with Gasteiger partial charge in [0.15, 0.2) is 0 Å². The zero-order chi connectivity index (χ0) is 24.6. The van der Waals surface area contributed by atoms with Crippen LogP contribution in [0.3, 0.4) is 0 Å². The Balaban J connectivity index is 1.79. The molecule has 0 N–H and O–H groups in total. The van der Waals surface area contributed by atoms with Gasteiger partial charge in [-0.25, -0.2) is 0 Å². The lowest BCUT2D eigenvalue weighted by Crippen LogP contribution is -2.50. The number of benzene rings is 2. The van der Waals surface area contributed by atoms with Crippen molar-refractivity contribution in [2.45, 2.75) is 89.6 Å². The highest BCUT2D eigenvalue weighted by Gasteiger charge is 2.49. The maximum atomic E-state index is 12.6. The van der Waals surface area contributed by atoms with E-state index in [9.17, 15) is 4.79 Å². The number of carbonyl (C=O) groups is 1. The number of aldehydes is 1. The van der Waals surface area contributed by atoms with Crippen molar-refractivity contribution in [2.75, 3.05) is 0 Å². The second-order valence-corrected chi connectivity index (χ2v) is 16.7. The summed E-state index contributed by atoms with van der Waals surface area (Å²) in [6.07, 6.45) is 7.34. The second kappa shape index (κ2) is 9.47. The zero-order valence-corrected chi connectivity index (χ0v) is 22.8. The van der Waals surface area contributed by atoms with Gasteiger partial charge in [0.1, 0.15) is 6.29 Å². The Kier molecular flexibility index (Phi) is 6.94. The third-order valence-electron chi connectivity index (χ3n) is 8.51. The molecule has 0 unspecified atom stereocenters. The minimum absolute atomic E-state index is 0.00330. The second-order valence-electron chi connectivity index (χ2n) is 11.9. The fraction of sp³-hybridized carbons (Fsp3) is 0.500. The van der Waals surface area contributed by atoms with Gasteiger partial charge >= 0.3 is 0 Å². The van der Waals surface area contributed by atoms with E-state index in [1.165, 1.54) is 17.4 Å². The molecule has 4 heteroatoms. The first-order valence-corrected chi connectivity index (χ1v) is 15.7. The van der Waals surface area contributed by atoms with Crippen molar-refractivity contribution in [3.05, 3.63) is 83.6 Å². The Labute approximate surface area is 207 Å². The number of hydrogen-bond acceptors (Lipinski definition) is 3. The van der Waals surface area contributed by atoms with Gasteiger partial charge in [-0.1, -0.05) is 88.4 Å². The summed E-state index contributed by atoms with van der Waals surface area (Å²) in [5, 5.41) is 0.140. The van der Waals surface area contributed by atoms with Crippen LogP contribution in [0.4, 0.5) is 0 Å². The van der Waals surface area contributed by atoms with E-state index in [1.807, 2.05) is 0 Å². The average Bonchev–Trinajstić information content (AvgIpc) is 3.25. The minimum atomic E-state index is -1.95. The van der Waals surface area contributed by atoms with Crippen molar-refractivity contribution in [1.82, 2.24) is 4.90 Å². The molecule has 1 fully saturated rings. The lowest BCUT2D eigenvalue weighted by atomic mass is 9.74. The Hall–Kier alpha value is -2.17. The van der Waals surface area contributed by atoms with Gasteiger partial charge in [0.2, 0.25) is 8.32 Å². The molecule has 182 valence electrons. The summed E-state index contributed by atoms with van der Waals surface area (Å²) in [7, 11) is -1.95. The summed E-state index contributed by atoms with van der Waals surface area (Å²) >= 11 is 0. The third kappa shape index (κ3) is 4.80. The van der Waals surface area contributed by atoms with Gasteiger partial charge in [0.05, 0.1) is 5.76 Å². The van der Waals surface area contributed by atoms with Crippen LogP contribution in [-0.2, 0) is 9.22 Å². The van der Waals surface area contributed by atoms with Crippen LogP contribution < -0.4 is 0 Å². The van der Waals surface area contributed by atoms with Crippen LogP contribution in [0.1, 0.15) is 76.6 Å². The topological polar surface area (TPSA) is 29.5 Å². The van der Waals surface area contributed by atoms with Crippen molar-refractivity contribution >= 4 is 14.6 Å². The fourth-order valence-electron chi connectivity index (χ4n) is 5.36. The first-order chi connectivity index (χ1) is 16.1. The number of carbonyl (C=O) groups excluding carboxylic acids is 1. The Morgan fingerprint density at radius 1 is 0.941 bits per heavy atom. The highest BCUT2D eigenvalue weighted by molar-refractivity contribution is 6.74. The van der Waals surface area contributed by atoms with E-state index in [0.717, 1.165) is 31.4 Å². The third-order valence-corrected chi connectivity index (χ3v) is 12.9. The molecule has 1 saturated heterocycles. The van der Waals surface area contributed by atoms with Crippen molar-refractivity contribution in [3.63, 3.8) is 0 Å². The highest BCUT2D eigenvalue weighted by Crippen LogP contribution is 2.51. The van der Waals surface area contributed by atoms with Crippen molar-refractivity contribution < 1.29 is 9.22 Å². The zero-order valence-electron chi connectivity index (χ0n) is 21.8. The predicted molar refractivity (Wildman–Crippen MR) is 143 cm³/mol. The Morgan fingerprint density at radius 3 is 1.88 bits per heavy atom. The molecule has 4 atom stereocenters. The van der Waals surface area contributed by atoms with E-state index in [0.29, 0.717) is 0 Å². The molecule has 1 aliphatic carbocycles. The summed E-state index contributed by atoms with van der Waals surface area (Å²) in [6.45, 7) is 13.6. The van der Waals surface area contributed by atoms with Gasteiger partial charge in [0, 0.05) is 30.0 Å². The Bertz CT molecular complexity index is 964. The van der Waals surface area contributed by atoms with Crippen LogP contribution in [0.5, 0.6) is 0 Å². The van der Waals surface area contributed by atoms with Crippen molar-refractivity contribution in [1.29, 1.82) is 0 Å². The Morgan fingerprint density at radius 2 is 1.44 bits per heavy atom. The van der Waals surface area contributed by atoms with Crippen LogP contribution in [0.25, 0.3) is 0 Å². The molecule has 2 aliphatic rings. The molecule has 34 heavy (non-hydrogen) atoms. The van der Waals surface area contributed by atoms with Gasteiger partial charge in [0.25, 0.3) is 0 Å². The van der Waals surface area contributed by atoms with Gasteiger partial charge in [-0.05, 0) is 54.6 Å². The van der Waals surface area contributed by atoms with E-state index in [-0.39, 0.29) is 23.2 Å². The summed E-state index contributed by atoms with van der Waals surface area (Å²) in [4.78, 5) is 15.2. The van der Waals surface area contributed by atoms with Gasteiger partial charge in [-0.3, -0.25) is 4.90 Å². The number of likely N-dealkylation sites (tertiary alicyclic amines) is 1. The normalized spacial score (nSPS) is 28.4. The van der Waals surface area contributed by atoms with Crippen molar-refractivity contribution in [2.24, 2.45) is 5.41 Å². The number of hydrogen-bond donors (Lipinski definition) is 0. The van der Waals surface area contributed by atoms with Crippen LogP contribution in [0.15, 0.2) is 72.5 Å². The molecule has 2 aromatic carbocycles. The fourth-order valence-corrected chi connectivity index (χ4v) is 6.49. The first-order valence-electron chi connectivity index (χ1n) is 12.8. The molecule has 1 aliphatic heterocycles. The number of nitrogens with zero attached hydrogens (tertiary/aromatic N) is 1. The predicted octanol–water partition coefficient (Wildman–Crippen LogP) is 7.84. The van der Waals surface area contributed by atoms with E-state index in [2.05, 4.69) is 112 Å². The molecule has 0 radical (unpaired) electrons. The molecule has 0 spiro atoms. The maximum absolute atomic E-state index is 12.6. The average molecular weight is 476 g/mol. The monoisotopic (exact) mass is 475 g/mol. The summed E-state index contributed by atoms with van der Waals surface area (Å²) in [5.41, 5.74) is 2.23. The molecule has 0 saturated carbocycles. The quantitative estimate of drug-likeness (QED) is 0.315. The lowest BCUT2D eigenvalue weighted by molar-refractivity contribution is -0.120. The van der Waals surface area contributed by atoms with Gasteiger partial charge < -0.3 is 9.22 Å². The van der Waals surface area contributed by atoms with E-state index >= 15 is 0 Å². The summed E-state index contributed by atoms with van der Waals surface area (Å²) in [6, 6.07) is 22.2. The first kappa shape index (κ1) is 24.9. The SMILES string of the molecule is CC(C)(C)[Si](C)(C)OC1=C[C@H](N2[C@@H](c3ccccc3)CC[C@@H]2c2ccccc2)[C@@](C)(C=O)CC1. The standard InChI is InChI=1S/C30H41NO2Si/c1-29(2,3)34(5,6)33-25-19-20-30(4,22-32)28(21-25)31-26(23-13-9-7-10-14-23)17-18-27(31)24-15-11-8-12-16-24/h7-16,21-22,26-28H,17-20H2,1-6H3/t26-,27-,28+,30-/m1/s1. The molecule has 4 rings (SSSR count). The molecule has 0 amide bonds. The van der Waals surface area contributed by atoms with Crippen LogP contribution in [0, 0.1) is 5.41 Å². The lowest BCUT2D eigenvalue weighted by Gasteiger charge is -2.47. The van der Waals surface area contributed by atoms with E-state index in [4.69, 9.17) is 4.43 Å². The molecule has 1 heterocycles. The summed E-state index contributed by atoms with van der Waals surface area (Å²) < 4.78 is 6.81. The smallest absolute Gasteiger partial charge is 0.250 e. The van der Waals surface area contributed by atoms with Crippen molar-refractivity contribution in [3.8, 4) is 0 Å². The maximum Gasteiger partial charge on any atom is 0.250 e. The number of allylic oxidation sites excluding steroid dienone is 1. The van der Waals surface area contributed by atoms with Gasteiger partial charge in [-0.15, -0.1) is 0 Å². The molecular formula is C30H41NO2Si. The van der Waals surface area contributed by atoms with Crippen LogP contribution >= 0.6 is 0 Å². The minimum Gasteiger partial charge on any atom is -0.547 e. The van der Waals surface area contributed by atoms with E-state index in [1.54, 1.807) is 0 Å². The molecule has 0 aromatic heterocycles. The summed E-state index contributed by atoms with van der Waals surface area (Å²) in [5.74, 6) is 1.08. The van der Waals surface area contributed by atoms with Crippen LogP contribution in [0.2, 0.25) is 18.1 Å². The highest BCUT2D eigenvalue weighted by atomic mass is 28.4. The molecule has 0 bridgehead atoms. The largest absolute Gasteiger partial charge is 0.547 e. The van der Waals surface area contributed by atoms with E-state index < -0.39 is 13.7 Å². The van der Waals surface area contributed by atoms with Crippen LogP contribution in [-0.4, -0.2) is 25.5 Å². The molecular weight excluding hydrogens is 434 g/mol. The molecule has 3 nitrogen and oxygen atoms in total. The van der Waals surface area contributed by atoms with Gasteiger partial charge in [-0.2, -0.15) is 0 Å². The molecule has 2 aromatic rings. The number of rotatable bonds is 6.